The Morgan fingerprint density at radius 3 is 1.85 bits per heavy atom. The Morgan fingerprint density at radius 1 is 0.963 bits per heavy atom. The number of hydrogen-bond donors (Lipinski definition) is 3. The van der Waals surface area contributed by atoms with Gasteiger partial charge in [-0.3, -0.25) is 4.90 Å². The van der Waals surface area contributed by atoms with Gasteiger partial charge in [0.15, 0.2) is 0 Å². The van der Waals surface area contributed by atoms with Crippen molar-refractivity contribution >= 4 is 6.09 Å². The van der Waals surface area contributed by atoms with Crippen molar-refractivity contribution in [3.63, 3.8) is 0 Å². The number of nitrogens with one attached hydrogen (secondary N) is 1. The van der Waals surface area contributed by atoms with E-state index in [-0.39, 0.29) is 5.92 Å². The number of carbonyl (C=O) groups is 1. The number of benzene rings is 2. The van der Waals surface area contributed by atoms with E-state index in [2.05, 4.69) is 34.5 Å². The lowest BCUT2D eigenvalue weighted by Gasteiger charge is -2.30. The lowest BCUT2D eigenvalue weighted by atomic mass is 9.98. The van der Waals surface area contributed by atoms with Crippen molar-refractivity contribution in [1.29, 1.82) is 0 Å². The Balaban J connectivity index is 2.11. The molecule has 0 unspecified atom stereocenters. The second-order valence-electron chi connectivity index (χ2n) is 7.39. The number of carboxylic acid groups (broad SMARTS) is 1. The van der Waals surface area contributed by atoms with Crippen LogP contribution in [0.3, 0.4) is 0 Å². The third-order valence-electron chi connectivity index (χ3n) is 4.44. The van der Waals surface area contributed by atoms with E-state index in [1.807, 2.05) is 50.2 Å². The van der Waals surface area contributed by atoms with Gasteiger partial charge in [0.1, 0.15) is 0 Å². The highest BCUT2D eigenvalue weighted by Crippen LogP contribution is 2.14. The molecule has 0 fully saturated rings. The molecule has 0 saturated heterocycles. The summed E-state index contributed by atoms with van der Waals surface area (Å²) in [7, 11) is 0. The molecule has 0 aliphatic carbocycles. The molecule has 2 aromatic rings. The van der Waals surface area contributed by atoms with E-state index < -0.39 is 18.2 Å². The first-order valence-corrected chi connectivity index (χ1v) is 9.41. The summed E-state index contributed by atoms with van der Waals surface area (Å²) in [5.41, 5.74) is 2.32. The van der Waals surface area contributed by atoms with Crippen LogP contribution in [0.15, 0.2) is 60.7 Å². The second kappa shape index (κ2) is 10.7. The Hall–Kier alpha value is -2.37. The second-order valence-corrected chi connectivity index (χ2v) is 7.39. The normalized spacial score (nSPS) is 13.5. The standard InChI is InChI=1S/C22H30N2O3/c1-17(2)13-20(23-22(26)27)21(25)16-24(14-18-9-5-3-6-10-18)15-19-11-7-4-8-12-19/h3-12,17,20-21,23,25H,13-16H2,1-2H3,(H,26,27)/t20-,21+/m0/s1. The van der Waals surface area contributed by atoms with Crippen LogP contribution in [0.2, 0.25) is 0 Å². The molecule has 146 valence electrons. The first-order valence-electron chi connectivity index (χ1n) is 9.41. The summed E-state index contributed by atoms with van der Waals surface area (Å²) in [5.74, 6) is 0.285. The zero-order valence-electron chi connectivity index (χ0n) is 16.1. The molecule has 0 heterocycles. The van der Waals surface area contributed by atoms with Crippen LogP contribution in [0.4, 0.5) is 4.79 Å². The van der Waals surface area contributed by atoms with Crippen molar-refractivity contribution in [1.82, 2.24) is 10.2 Å². The molecule has 0 saturated carbocycles. The maximum Gasteiger partial charge on any atom is 0.404 e. The van der Waals surface area contributed by atoms with Gasteiger partial charge in [-0.25, -0.2) is 4.79 Å². The van der Waals surface area contributed by atoms with Gasteiger partial charge < -0.3 is 15.5 Å². The minimum Gasteiger partial charge on any atom is -0.465 e. The smallest absolute Gasteiger partial charge is 0.404 e. The van der Waals surface area contributed by atoms with E-state index >= 15 is 0 Å². The summed E-state index contributed by atoms with van der Waals surface area (Å²) in [6.45, 7) is 5.81. The van der Waals surface area contributed by atoms with Gasteiger partial charge in [-0.1, -0.05) is 74.5 Å². The monoisotopic (exact) mass is 370 g/mol. The summed E-state index contributed by atoms with van der Waals surface area (Å²) < 4.78 is 0. The Labute approximate surface area is 161 Å². The maximum absolute atomic E-state index is 11.1. The van der Waals surface area contributed by atoms with Crippen LogP contribution in [-0.4, -0.2) is 39.9 Å². The third kappa shape index (κ3) is 7.81. The number of amides is 1. The molecule has 1 amide bonds. The first-order chi connectivity index (χ1) is 12.9. The van der Waals surface area contributed by atoms with Gasteiger partial charge in [0.05, 0.1) is 12.1 Å². The minimum atomic E-state index is -1.10. The van der Waals surface area contributed by atoms with Gasteiger partial charge in [-0.2, -0.15) is 0 Å². The molecule has 0 spiro atoms. The maximum atomic E-state index is 11.1. The van der Waals surface area contributed by atoms with Gasteiger partial charge in [0, 0.05) is 19.6 Å². The molecular weight excluding hydrogens is 340 g/mol. The molecule has 0 bridgehead atoms. The van der Waals surface area contributed by atoms with E-state index in [4.69, 9.17) is 5.11 Å². The van der Waals surface area contributed by atoms with Crippen LogP contribution >= 0.6 is 0 Å². The first kappa shape index (κ1) is 20.9. The molecule has 5 heteroatoms. The molecule has 3 N–H and O–H groups in total. The van der Waals surface area contributed by atoms with E-state index in [1.54, 1.807) is 0 Å². The highest BCUT2D eigenvalue weighted by atomic mass is 16.4. The van der Waals surface area contributed by atoms with Crippen LogP contribution in [0, 0.1) is 5.92 Å². The summed E-state index contributed by atoms with van der Waals surface area (Å²) in [6, 6.07) is 19.7. The molecule has 5 nitrogen and oxygen atoms in total. The number of aliphatic hydroxyl groups excluding tert-OH is 1. The summed E-state index contributed by atoms with van der Waals surface area (Å²) >= 11 is 0. The van der Waals surface area contributed by atoms with Crippen LogP contribution in [0.25, 0.3) is 0 Å². The molecular formula is C22H30N2O3. The third-order valence-corrected chi connectivity index (χ3v) is 4.44. The number of hydrogen-bond acceptors (Lipinski definition) is 3. The average Bonchev–Trinajstić information content (AvgIpc) is 2.62. The zero-order chi connectivity index (χ0) is 19.6. The SMILES string of the molecule is CC(C)C[C@H](NC(=O)O)[C@H](O)CN(Cc1ccccc1)Cc1ccccc1. The van der Waals surface area contributed by atoms with Crippen molar-refractivity contribution in [3.05, 3.63) is 71.8 Å². The molecule has 2 aromatic carbocycles. The van der Waals surface area contributed by atoms with E-state index in [1.165, 1.54) is 0 Å². The lowest BCUT2D eigenvalue weighted by Crippen LogP contribution is -2.48. The molecule has 2 rings (SSSR count). The fourth-order valence-corrected chi connectivity index (χ4v) is 3.24. The fourth-order valence-electron chi connectivity index (χ4n) is 3.24. The van der Waals surface area contributed by atoms with Crippen LogP contribution in [0.1, 0.15) is 31.4 Å². The Bertz CT molecular complexity index is 635. The van der Waals surface area contributed by atoms with Gasteiger partial charge >= 0.3 is 6.09 Å². The van der Waals surface area contributed by atoms with Gasteiger partial charge in [0.25, 0.3) is 0 Å². The molecule has 2 atom stereocenters. The van der Waals surface area contributed by atoms with Crippen molar-refractivity contribution in [2.45, 2.75) is 45.5 Å². The van der Waals surface area contributed by atoms with Crippen molar-refractivity contribution in [2.75, 3.05) is 6.54 Å². The summed E-state index contributed by atoms with van der Waals surface area (Å²) in [4.78, 5) is 13.3. The molecule has 0 aromatic heterocycles. The zero-order valence-corrected chi connectivity index (χ0v) is 16.1. The van der Waals surface area contributed by atoms with Crippen molar-refractivity contribution in [2.24, 2.45) is 5.92 Å². The van der Waals surface area contributed by atoms with E-state index in [0.29, 0.717) is 26.1 Å². The van der Waals surface area contributed by atoms with Gasteiger partial charge in [-0.15, -0.1) is 0 Å². The number of nitrogens with zero attached hydrogens (tertiary/aromatic N) is 1. The quantitative estimate of drug-likeness (QED) is 0.596. The van der Waals surface area contributed by atoms with Crippen LogP contribution in [0.5, 0.6) is 0 Å². The highest BCUT2D eigenvalue weighted by molar-refractivity contribution is 5.64. The van der Waals surface area contributed by atoms with Crippen molar-refractivity contribution in [3.8, 4) is 0 Å². The predicted molar refractivity (Wildman–Crippen MR) is 107 cm³/mol. The molecule has 0 aliphatic heterocycles. The largest absolute Gasteiger partial charge is 0.465 e. The fraction of sp³-hybridized carbons (Fsp3) is 0.409. The van der Waals surface area contributed by atoms with E-state index in [9.17, 15) is 9.90 Å². The summed E-state index contributed by atoms with van der Waals surface area (Å²) in [6.07, 6.45) is -1.29. The average molecular weight is 370 g/mol. The highest BCUT2D eigenvalue weighted by Gasteiger charge is 2.24. The summed E-state index contributed by atoms with van der Waals surface area (Å²) in [5, 5.41) is 22.4. The number of rotatable bonds is 10. The lowest BCUT2D eigenvalue weighted by molar-refractivity contribution is 0.0650. The van der Waals surface area contributed by atoms with E-state index in [0.717, 1.165) is 11.1 Å². The number of aliphatic hydroxyl groups is 1. The van der Waals surface area contributed by atoms with Crippen LogP contribution in [-0.2, 0) is 13.1 Å². The Kier molecular flexibility index (Phi) is 8.30. The molecule has 27 heavy (non-hydrogen) atoms. The minimum absolute atomic E-state index is 0.285. The van der Waals surface area contributed by atoms with Crippen LogP contribution < -0.4 is 5.32 Å². The van der Waals surface area contributed by atoms with Crippen molar-refractivity contribution < 1.29 is 15.0 Å². The van der Waals surface area contributed by atoms with Gasteiger partial charge in [0.2, 0.25) is 0 Å². The predicted octanol–water partition coefficient (Wildman–Crippen LogP) is 3.73. The topological polar surface area (TPSA) is 72.8 Å². The molecule has 0 aliphatic rings. The molecule has 0 radical (unpaired) electrons. The van der Waals surface area contributed by atoms with Gasteiger partial charge in [-0.05, 0) is 23.5 Å². The Morgan fingerprint density at radius 2 is 1.44 bits per heavy atom.